The third kappa shape index (κ3) is 5.74. The molecule has 0 atom stereocenters. The number of nitrogens with one attached hydrogen (secondary N) is 1. The molecule has 2 aromatic carbocycles. The molecule has 0 heterocycles. The van der Waals surface area contributed by atoms with Gasteiger partial charge in [0, 0.05) is 5.69 Å². The fourth-order valence-electron chi connectivity index (χ4n) is 2.84. The van der Waals surface area contributed by atoms with E-state index in [9.17, 15) is 35.9 Å². The molecule has 1 N–H and O–H groups in total. The van der Waals surface area contributed by atoms with Crippen molar-refractivity contribution < 1.29 is 40.7 Å². The Morgan fingerprint density at radius 2 is 1.30 bits per heavy atom. The molecular formula is C20H17F6NO3. The Labute approximate surface area is 167 Å². The van der Waals surface area contributed by atoms with E-state index in [1.54, 1.807) is 26.0 Å². The zero-order chi connectivity index (χ0) is 22.9. The van der Waals surface area contributed by atoms with Crippen molar-refractivity contribution in [2.75, 3.05) is 11.9 Å². The van der Waals surface area contributed by atoms with E-state index in [2.05, 4.69) is 10.1 Å². The number of halogens is 6. The zero-order valence-electron chi connectivity index (χ0n) is 16.1. The lowest BCUT2D eigenvalue weighted by Gasteiger charge is -2.14. The van der Waals surface area contributed by atoms with Gasteiger partial charge in [-0.25, -0.2) is 4.79 Å². The maximum atomic E-state index is 12.9. The number of hydrogen-bond acceptors (Lipinski definition) is 3. The molecule has 2 rings (SSSR count). The van der Waals surface area contributed by atoms with Gasteiger partial charge in [-0.05, 0) is 50.1 Å². The first-order valence-corrected chi connectivity index (χ1v) is 8.53. The van der Waals surface area contributed by atoms with Gasteiger partial charge in [0.25, 0.3) is 5.91 Å². The number of carbonyl (C=O) groups is 2. The number of aryl methyl sites for hydroxylation is 3. The Morgan fingerprint density at radius 1 is 0.833 bits per heavy atom. The summed E-state index contributed by atoms with van der Waals surface area (Å²) < 4.78 is 81.9. The summed E-state index contributed by atoms with van der Waals surface area (Å²) in [6.45, 7) is 4.45. The molecule has 2 aromatic rings. The minimum absolute atomic E-state index is 0.105. The smallest absolute Gasteiger partial charge is 0.416 e. The Hall–Kier alpha value is -3.04. The largest absolute Gasteiger partial charge is 0.452 e. The summed E-state index contributed by atoms with van der Waals surface area (Å²) in [6.07, 6.45) is -10.2. The highest BCUT2D eigenvalue weighted by atomic mass is 19.4. The highest BCUT2D eigenvalue weighted by Crippen LogP contribution is 2.36. The second kappa shape index (κ2) is 8.37. The maximum absolute atomic E-state index is 12.9. The van der Waals surface area contributed by atoms with Crippen LogP contribution in [0.1, 0.15) is 38.2 Å². The quantitative estimate of drug-likeness (QED) is 0.516. The van der Waals surface area contributed by atoms with Crippen LogP contribution in [0, 0.1) is 20.8 Å². The number of amides is 1. The molecule has 0 aliphatic rings. The average Bonchev–Trinajstić information content (AvgIpc) is 2.60. The number of esters is 1. The van der Waals surface area contributed by atoms with Gasteiger partial charge in [0.05, 0.1) is 16.7 Å². The van der Waals surface area contributed by atoms with Gasteiger partial charge in [-0.2, -0.15) is 26.3 Å². The van der Waals surface area contributed by atoms with E-state index in [1.807, 2.05) is 6.92 Å². The number of benzene rings is 2. The van der Waals surface area contributed by atoms with Crippen molar-refractivity contribution in [2.45, 2.75) is 33.1 Å². The van der Waals surface area contributed by atoms with Crippen molar-refractivity contribution in [3.05, 3.63) is 63.7 Å². The normalized spacial score (nSPS) is 11.9. The Bertz CT molecular complexity index is 924. The van der Waals surface area contributed by atoms with E-state index < -0.39 is 47.5 Å². The van der Waals surface area contributed by atoms with Crippen LogP contribution in [0.25, 0.3) is 0 Å². The first-order chi connectivity index (χ1) is 13.7. The molecular weight excluding hydrogens is 416 g/mol. The third-order valence-corrected chi connectivity index (χ3v) is 4.10. The lowest BCUT2D eigenvalue weighted by atomic mass is 10.0. The Morgan fingerprint density at radius 3 is 1.73 bits per heavy atom. The molecule has 0 saturated heterocycles. The van der Waals surface area contributed by atoms with E-state index in [0.717, 1.165) is 16.7 Å². The van der Waals surface area contributed by atoms with Crippen LogP contribution in [0.3, 0.4) is 0 Å². The average molecular weight is 433 g/mol. The van der Waals surface area contributed by atoms with Gasteiger partial charge in [0.15, 0.2) is 6.61 Å². The summed E-state index contributed by atoms with van der Waals surface area (Å²) in [6, 6.07) is 3.98. The summed E-state index contributed by atoms with van der Waals surface area (Å²) in [4.78, 5) is 24.0. The molecule has 0 spiro atoms. The van der Waals surface area contributed by atoms with E-state index in [4.69, 9.17) is 0 Å². The molecule has 0 aromatic heterocycles. The first-order valence-electron chi connectivity index (χ1n) is 8.53. The van der Waals surface area contributed by atoms with Gasteiger partial charge in [-0.15, -0.1) is 0 Å². The molecule has 0 aliphatic heterocycles. The molecule has 0 unspecified atom stereocenters. The van der Waals surface area contributed by atoms with Gasteiger partial charge in [-0.3, -0.25) is 4.79 Å². The molecule has 0 aliphatic carbocycles. The summed E-state index contributed by atoms with van der Waals surface area (Å²) in [7, 11) is 0. The molecule has 0 saturated carbocycles. The monoisotopic (exact) mass is 433 g/mol. The predicted molar refractivity (Wildman–Crippen MR) is 96.0 cm³/mol. The van der Waals surface area contributed by atoms with Crippen molar-refractivity contribution >= 4 is 17.6 Å². The second-order valence-corrected chi connectivity index (χ2v) is 6.69. The molecule has 0 radical (unpaired) electrons. The lowest BCUT2D eigenvalue weighted by molar-refractivity contribution is -0.143. The van der Waals surface area contributed by atoms with Crippen LogP contribution in [-0.4, -0.2) is 18.5 Å². The van der Waals surface area contributed by atoms with Gasteiger partial charge >= 0.3 is 18.3 Å². The van der Waals surface area contributed by atoms with Crippen LogP contribution in [-0.2, 0) is 21.9 Å². The molecule has 4 nitrogen and oxygen atoms in total. The topological polar surface area (TPSA) is 55.4 Å². The number of anilines is 1. The van der Waals surface area contributed by atoms with Crippen molar-refractivity contribution in [1.29, 1.82) is 0 Å². The minimum atomic E-state index is -5.10. The summed E-state index contributed by atoms with van der Waals surface area (Å²) in [5, 5.41) is 2.51. The van der Waals surface area contributed by atoms with Crippen LogP contribution >= 0.6 is 0 Å². The molecule has 0 bridgehead atoms. The second-order valence-electron chi connectivity index (χ2n) is 6.69. The predicted octanol–water partition coefficient (Wildman–Crippen LogP) is 5.44. The first kappa shape index (κ1) is 23.2. The number of alkyl halides is 6. The van der Waals surface area contributed by atoms with Crippen LogP contribution in [0.15, 0.2) is 30.3 Å². The van der Waals surface area contributed by atoms with Crippen LogP contribution < -0.4 is 5.32 Å². The standard InChI is InChI=1S/C20H17F6NO3/c1-10-4-11(2)17(12(3)5-10)27-16(28)9-30-18(29)13-6-14(19(21,22)23)8-15(7-13)20(24,25)26/h4-8H,9H2,1-3H3,(H,27,28). The number of rotatable bonds is 4. The van der Waals surface area contributed by atoms with Gasteiger partial charge in [0.2, 0.25) is 0 Å². The van der Waals surface area contributed by atoms with Gasteiger partial charge < -0.3 is 10.1 Å². The van der Waals surface area contributed by atoms with E-state index in [-0.39, 0.29) is 18.2 Å². The van der Waals surface area contributed by atoms with Gasteiger partial charge in [-0.1, -0.05) is 17.7 Å². The third-order valence-electron chi connectivity index (χ3n) is 4.10. The van der Waals surface area contributed by atoms with E-state index in [1.165, 1.54) is 0 Å². The van der Waals surface area contributed by atoms with Crippen LogP contribution in [0.4, 0.5) is 32.0 Å². The van der Waals surface area contributed by atoms with Crippen molar-refractivity contribution in [2.24, 2.45) is 0 Å². The summed E-state index contributed by atoms with van der Waals surface area (Å²) in [5.41, 5.74) is -1.37. The van der Waals surface area contributed by atoms with E-state index in [0.29, 0.717) is 5.69 Å². The number of hydrogen-bond donors (Lipinski definition) is 1. The fraction of sp³-hybridized carbons (Fsp3) is 0.300. The lowest BCUT2D eigenvalue weighted by Crippen LogP contribution is -2.22. The highest BCUT2D eigenvalue weighted by Gasteiger charge is 2.37. The minimum Gasteiger partial charge on any atom is -0.452 e. The molecule has 162 valence electrons. The Balaban J connectivity index is 2.17. The fourth-order valence-corrected chi connectivity index (χ4v) is 2.84. The zero-order valence-corrected chi connectivity index (χ0v) is 16.1. The number of ether oxygens (including phenoxy) is 1. The summed E-state index contributed by atoms with van der Waals surface area (Å²) in [5.74, 6) is -2.28. The molecule has 10 heteroatoms. The molecule has 1 amide bonds. The maximum Gasteiger partial charge on any atom is 0.416 e. The van der Waals surface area contributed by atoms with Crippen molar-refractivity contribution in [3.63, 3.8) is 0 Å². The van der Waals surface area contributed by atoms with Crippen LogP contribution in [0.2, 0.25) is 0 Å². The Kier molecular flexibility index (Phi) is 6.48. The molecule has 30 heavy (non-hydrogen) atoms. The SMILES string of the molecule is Cc1cc(C)c(NC(=O)COC(=O)c2cc(C(F)(F)F)cc(C(F)(F)F)c2)c(C)c1. The van der Waals surface area contributed by atoms with Crippen molar-refractivity contribution in [1.82, 2.24) is 0 Å². The number of carbonyl (C=O) groups excluding carboxylic acids is 2. The highest BCUT2D eigenvalue weighted by molar-refractivity contribution is 5.96. The van der Waals surface area contributed by atoms with E-state index >= 15 is 0 Å². The van der Waals surface area contributed by atoms with Crippen molar-refractivity contribution in [3.8, 4) is 0 Å². The van der Waals surface area contributed by atoms with Crippen LogP contribution in [0.5, 0.6) is 0 Å². The molecule has 0 fully saturated rings. The van der Waals surface area contributed by atoms with Gasteiger partial charge in [0.1, 0.15) is 0 Å². The summed E-state index contributed by atoms with van der Waals surface area (Å²) >= 11 is 0.